The lowest BCUT2D eigenvalue weighted by atomic mass is 10.0. The van der Waals surface area contributed by atoms with Crippen LogP contribution < -0.4 is 11.1 Å². The minimum atomic E-state index is -0.884. The Labute approximate surface area is 123 Å². The molecular formula is C15H19N3O3. The van der Waals surface area contributed by atoms with Crippen molar-refractivity contribution in [3.63, 3.8) is 0 Å². The zero-order chi connectivity index (χ0) is 15.4. The van der Waals surface area contributed by atoms with Gasteiger partial charge >= 0.3 is 11.8 Å². The number of rotatable bonds is 1. The van der Waals surface area contributed by atoms with E-state index in [2.05, 4.69) is 5.32 Å². The molecule has 2 rings (SSSR count). The maximum atomic E-state index is 12.1. The number of anilines is 1. The van der Waals surface area contributed by atoms with Gasteiger partial charge in [0.2, 0.25) is 0 Å². The molecular weight excluding hydrogens is 270 g/mol. The Kier molecular flexibility index (Phi) is 4.57. The Morgan fingerprint density at radius 1 is 1.19 bits per heavy atom. The smallest absolute Gasteiger partial charge is 0.316 e. The molecule has 0 aliphatic carbocycles. The Balaban J connectivity index is 1.98. The fraction of sp³-hybridized carbons (Fsp3) is 0.400. The lowest BCUT2D eigenvalue weighted by Crippen LogP contribution is -2.50. The zero-order valence-corrected chi connectivity index (χ0v) is 12.0. The van der Waals surface area contributed by atoms with E-state index in [4.69, 9.17) is 5.73 Å². The lowest BCUT2D eigenvalue weighted by Gasteiger charge is -2.32. The zero-order valence-electron chi connectivity index (χ0n) is 12.0. The van der Waals surface area contributed by atoms with Gasteiger partial charge in [-0.3, -0.25) is 19.7 Å². The molecule has 1 fully saturated rings. The molecule has 0 bridgehead atoms. The average molecular weight is 289 g/mol. The Morgan fingerprint density at radius 2 is 1.86 bits per heavy atom. The van der Waals surface area contributed by atoms with Crippen LogP contribution in [0, 0.1) is 0 Å². The number of nitrogens with one attached hydrogen (secondary N) is 1. The summed E-state index contributed by atoms with van der Waals surface area (Å²) in [5.74, 6) is -2.13. The van der Waals surface area contributed by atoms with Crippen LogP contribution in [0.4, 0.5) is 5.69 Å². The molecule has 1 heterocycles. The first-order valence-corrected chi connectivity index (χ1v) is 7.01. The molecule has 3 amide bonds. The molecule has 1 aromatic carbocycles. The number of likely N-dealkylation sites (tertiary alicyclic amines) is 1. The van der Waals surface area contributed by atoms with Crippen molar-refractivity contribution in [2.24, 2.45) is 0 Å². The number of benzene rings is 1. The number of nitrogens with two attached hydrogens (primary N) is 1. The average Bonchev–Trinajstić information content (AvgIpc) is 2.47. The van der Waals surface area contributed by atoms with Gasteiger partial charge in [-0.15, -0.1) is 0 Å². The van der Waals surface area contributed by atoms with Crippen LogP contribution >= 0.6 is 0 Å². The van der Waals surface area contributed by atoms with Gasteiger partial charge in [0.25, 0.3) is 5.91 Å². The summed E-state index contributed by atoms with van der Waals surface area (Å²) in [4.78, 5) is 37.4. The summed E-state index contributed by atoms with van der Waals surface area (Å²) in [6.45, 7) is 2.47. The minimum Gasteiger partial charge on any atom is -0.399 e. The van der Waals surface area contributed by atoms with E-state index in [-0.39, 0.29) is 11.6 Å². The Hall–Kier alpha value is -2.37. The van der Waals surface area contributed by atoms with Crippen LogP contribution in [0.15, 0.2) is 24.3 Å². The van der Waals surface area contributed by atoms with E-state index in [9.17, 15) is 14.4 Å². The van der Waals surface area contributed by atoms with E-state index in [1.165, 1.54) is 17.0 Å². The van der Waals surface area contributed by atoms with Crippen molar-refractivity contribution in [3.8, 4) is 0 Å². The van der Waals surface area contributed by atoms with Crippen molar-refractivity contribution in [1.29, 1.82) is 0 Å². The van der Waals surface area contributed by atoms with E-state index in [0.717, 1.165) is 19.3 Å². The normalized spacial score (nSPS) is 18.1. The summed E-state index contributed by atoms with van der Waals surface area (Å²) < 4.78 is 0. The van der Waals surface area contributed by atoms with Crippen LogP contribution in [-0.4, -0.2) is 35.2 Å². The quantitative estimate of drug-likeness (QED) is 0.594. The van der Waals surface area contributed by atoms with Crippen molar-refractivity contribution in [2.45, 2.75) is 32.2 Å². The molecule has 1 aliphatic heterocycles. The molecule has 3 N–H and O–H groups in total. The van der Waals surface area contributed by atoms with E-state index < -0.39 is 17.7 Å². The molecule has 0 spiro atoms. The predicted molar refractivity (Wildman–Crippen MR) is 78.4 cm³/mol. The Bertz CT molecular complexity index is 554. The van der Waals surface area contributed by atoms with Gasteiger partial charge in [-0.25, -0.2) is 0 Å². The van der Waals surface area contributed by atoms with Gasteiger partial charge in [0, 0.05) is 23.8 Å². The summed E-state index contributed by atoms with van der Waals surface area (Å²) in [5.41, 5.74) is 6.34. The molecule has 0 aromatic heterocycles. The number of amides is 3. The highest BCUT2D eigenvalue weighted by Crippen LogP contribution is 2.16. The number of nitrogens with zero attached hydrogens (tertiary/aromatic N) is 1. The van der Waals surface area contributed by atoms with Crippen LogP contribution in [0.1, 0.15) is 36.5 Å². The van der Waals surface area contributed by atoms with Crippen LogP contribution in [0.5, 0.6) is 0 Å². The SMILES string of the molecule is CC1CCCCN1C(=O)C(=O)NC(=O)c1ccc(N)cc1. The van der Waals surface area contributed by atoms with Crippen LogP contribution in [0.2, 0.25) is 0 Å². The second-order valence-electron chi connectivity index (χ2n) is 5.25. The molecule has 21 heavy (non-hydrogen) atoms. The third-order valence-corrected chi connectivity index (χ3v) is 3.66. The summed E-state index contributed by atoms with van der Waals surface area (Å²) in [7, 11) is 0. The molecule has 6 heteroatoms. The maximum Gasteiger partial charge on any atom is 0.316 e. The first-order valence-electron chi connectivity index (χ1n) is 7.01. The van der Waals surface area contributed by atoms with Crippen molar-refractivity contribution in [1.82, 2.24) is 10.2 Å². The summed E-state index contributed by atoms with van der Waals surface area (Å²) in [5, 5.41) is 2.12. The van der Waals surface area contributed by atoms with E-state index >= 15 is 0 Å². The summed E-state index contributed by atoms with van der Waals surface area (Å²) >= 11 is 0. The van der Waals surface area contributed by atoms with Gasteiger partial charge in [0.15, 0.2) is 0 Å². The molecule has 1 atom stereocenters. The number of imide groups is 1. The fourth-order valence-electron chi connectivity index (χ4n) is 2.39. The van der Waals surface area contributed by atoms with Gasteiger partial charge in [-0.05, 0) is 50.5 Å². The molecule has 0 radical (unpaired) electrons. The number of piperidine rings is 1. The van der Waals surface area contributed by atoms with Gasteiger partial charge in [-0.2, -0.15) is 0 Å². The number of hydrogen-bond donors (Lipinski definition) is 2. The van der Waals surface area contributed by atoms with Crippen molar-refractivity contribution in [2.75, 3.05) is 12.3 Å². The number of hydrogen-bond acceptors (Lipinski definition) is 4. The third-order valence-electron chi connectivity index (χ3n) is 3.66. The van der Waals surface area contributed by atoms with Crippen molar-refractivity contribution >= 4 is 23.4 Å². The number of carbonyl (C=O) groups excluding carboxylic acids is 3. The van der Waals surface area contributed by atoms with Crippen LogP contribution in [0.3, 0.4) is 0 Å². The monoisotopic (exact) mass is 289 g/mol. The summed E-state index contributed by atoms with van der Waals surface area (Å²) in [6.07, 6.45) is 2.82. The second kappa shape index (κ2) is 6.39. The van der Waals surface area contributed by atoms with Crippen LogP contribution in [-0.2, 0) is 9.59 Å². The minimum absolute atomic E-state index is 0.0311. The molecule has 1 saturated heterocycles. The molecule has 1 aromatic rings. The fourth-order valence-corrected chi connectivity index (χ4v) is 2.39. The summed E-state index contributed by atoms with van der Waals surface area (Å²) in [6, 6.07) is 6.17. The molecule has 6 nitrogen and oxygen atoms in total. The van der Waals surface area contributed by atoms with E-state index in [1.807, 2.05) is 6.92 Å². The molecule has 112 valence electrons. The third kappa shape index (κ3) is 3.59. The first kappa shape index (κ1) is 15.0. The van der Waals surface area contributed by atoms with Gasteiger partial charge < -0.3 is 10.6 Å². The van der Waals surface area contributed by atoms with Crippen molar-refractivity contribution in [3.05, 3.63) is 29.8 Å². The van der Waals surface area contributed by atoms with E-state index in [1.54, 1.807) is 12.1 Å². The standard InChI is InChI=1S/C15H19N3O3/c1-10-4-2-3-9-18(10)15(21)14(20)17-13(19)11-5-7-12(16)8-6-11/h5-8,10H,2-4,9,16H2,1H3,(H,17,19,20). The highest BCUT2D eigenvalue weighted by Gasteiger charge is 2.29. The lowest BCUT2D eigenvalue weighted by molar-refractivity contribution is -0.147. The van der Waals surface area contributed by atoms with Gasteiger partial charge in [-0.1, -0.05) is 0 Å². The maximum absolute atomic E-state index is 12.1. The highest BCUT2D eigenvalue weighted by atomic mass is 16.2. The first-order chi connectivity index (χ1) is 9.99. The molecule has 1 unspecified atom stereocenters. The molecule has 0 saturated carbocycles. The van der Waals surface area contributed by atoms with E-state index in [0.29, 0.717) is 12.2 Å². The Morgan fingerprint density at radius 3 is 2.48 bits per heavy atom. The topological polar surface area (TPSA) is 92.5 Å². The molecule has 1 aliphatic rings. The van der Waals surface area contributed by atoms with Crippen LogP contribution in [0.25, 0.3) is 0 Å². The number of carbonyl (C=O) groups is 3. The predicted octanol–water partition coefficient (Wildman–Crippen LogP) is 0.926. The van der Waals surface area contributed by atoms with Gasteiger partial charge in [0.05, 0.1) is 0 Å². The van der Waals surface area contributed by atoms with Crippen molar-refractivity contribution < 1.29 is 14.4 Å². The van der Waals surface area contributed by atoms with Gasteiger partial charge in [0.1, 0.15) is 0 Å². The second-order valence-corrected chi connectivity index (χ2v) is 5.25. The number of nitrogen functional groups attached to an aromatic ring is 1. The highest BCUT2D eigenvalue weighted by molar-refractivity contribution is 6.38. The largest absolute Gasteiger partial charge is 0.399 e.